The fourth-order valence-electron chi connectivity index (χ4n) is 3.91. The van der Waals surface area contributed by atoms with E-state index >= 15 is 0 Å². The first-order chi connectivity index (χ1) is 13.8. The minimum Gasteiger partial charge on any atom is -0.318 e. The summed E-state index contributed by atoms with van der Waals surface area (Å²) in [6, 6.07) is 17.0. The molecule has 29 heavy (non-hydrogen) atoms. The summed E-state index contributed by atoms with van der Waals surface area (Å²) >= 11 is 0. The summed E-state index contributed by atoms with van der Waals surface area (Å²) in [4.78, 5) is 26.4. The van der Waals surface area contributed by atoms with Crippen molar-refractivity contribution in [3.8, 4) is 5.69 Å². The standard InChI is InChI=1S/C24H23N3O2/c1-15-10-16(2)12-21(11-15)26-17(3)13-19(18(26)4)14-22-23(28)27(24(29)25-22)20-8-6-5-7-9-20/h5-14H,1-4H3,(H,25,29)/b22-14+. The van der Waals surface area contributed by atoms with Gasteiger partial charge in [0.2, 0.25) is 0 Å². The first-order valence-corrected chi connectivity index (χ1v) is 9.55. The number of imide groups is 1. The van der Waals surface area contributed by atoms with E-state index in [1.807, 2.05) is 26.0 Å². The average molecular weight is 385 g/mol. The lowest BCUT2D eigenvalue weighted by Crippen LogP contribution is -2.30. The minimum absolute atomic E-state index is 0.277. The number of anilines is 1. The van der Waals surface area contributed by atoms with E-state index in [2.05, 4.69) is 41.9 Å². The molecule has 0 spiro atoms. The first-order valence-electron chi connectivity index (χ1n) is 9.55. The Labute approximate surface area is 170 Å². The van der Waals surface area contributed by atoms with Gasteiger partial charge in [-0.15, -0.1) is 0 Å². The van der Waals surface area contributed by atoms with Gasteiger partial charge in [0.15, 0.2) is 0 Å². The van der Waals surface area contributed by atoms with Crippen LogP contribution in [0.15, 0.2) is 60.3 Å². The van der Waals surface area contributed by atoms with Crippen molar-refractivity contribution in [3.63, 3.8) is 0 Å². The number of hydrogen-bond acceptors (Lipinski definition) is 2. The second-order valence-corrected chi connectivity index (χ2v) is 7.47. The van der Waals surface area contributed by atoms with E-state index in [-0.39, 0.29) is 11.6 Å². The zero-order chi connectivity index (χ0) is 20.7. The fourth-order valence-corrected chi connectivity index (χ4v) is 3.91. The Morgan fingerprint density at radius 2 is 1.48 bits per heavy atom. The Balaban J connectivity index is 1.73. The van der Waals surface area contributed by atoms with Crippen LogP contribution in [0.1, 0.15) is 28.1 Å². The zero-order valence-corrected chi connectivity index (χ0v) is 17.0. The summed E-state index contributed by atoms with van der Waals surface area (Å²) in [6.45, 7) is 8.22. The van der Waals surface area contributed by atoms with Gasteiger partial charge in [0.05, 0.1) is 5.69 Å². The van der Waals surface area contributed by atoms with Crippen molar-refractivity contribution in [2.45, 2.75) is 27.7 Å². The summed E-state index contributed by atoms with van der Waals surface area (Å²) in [5.74, 6) is -0.350. The van der Waals surface area contributed by atoms with Crippen LogP contribution in [0.3, 0.4) is 0 Å². The maximum absolute atomic E-state index is 12.9. The largest absolute Gasteiger partial charge is 0.333 e. The number of carbonyl (C=O) groups is 2. The number of carbonyl (C=O) groups excluding carboxylic acids is 2. The van der Waals surface area contributed by atoms with Crippen LogP contribution in [-0.4, -0.2) is 16.5 Å². The lowest BCUT2D eigenvalue weighted by atomic mass is 10.1. The summed E-state index contributed by atoms with van der Waals surface area (Å²) in [5.41, 5.74) is 7.30. The molecule has 3 aromatic rings. The number of amides is 3. The SMILES string of the molecule is Cc1cc(C)cc(-n2c(C)cc(/C=C3/NC(=O)N(c4ccccc4)C3=O)c2C)c1. The van der Waals surface area contributed by atoms with Gasteiger partial charge < -0.3 is 9.88 Å². The van der Waals surface area contributed by atoms with Gasteiger partial charge in [-0.1, -0.05) is 24.3 Å². The van der Waals surface area contributed by atoms with E-state index in [1.165, 1.54) is 11.1 Å². The molecule has 0 bridgehead atoms. The Kier molecular flexibility index (Phi) is 4.59. The van der Waals surface area contributed by atoms with E-state index < -0.39 is 6.03 Å². The quantitative estimate of drug-likeness (QED) is 0.520. The molecule has 0 radical (unpaired) electrons. The number of nitrogens with zero attached hydrogens (tertiary/aromatic N) is 2. The Morgan fingerprint density at radius 3 is 2.14 bits per heavy atom. The molecule has 3 amide bonds. The predicted octanol–water partition coefficient (Wildman–Crippen LogP) is 4.81. The fraction of sp³-hybridized carbons (Fsp3) is 0.167. The number of rotatable bonds is 3. The van der Waals surface area contributed by atoms with Gasteiger partial charge in [0, 0.05) is 17.1 Å². The molecule has 1 N–H and O–H groups in total. The molecule has 1 aliphatic rings. The van der Waals surface area contributed by atoms with Crippen LogP contribution in [0.25, 0.3) is 11.8 Å². The molecule has 0 unspecified atom stereocenters. The van der Waals surface area contributed by atoms with Crippen LogP contribution in [0.5, 0.6) is 0 Å². The van der Waals surface area contributed by atoms with E-state index in [0.717, 1.165) is 27.5 Å². The van der Waals surface area contributed by atoms with Crippen molar-refractivity contribution < 1.29 is 9.59 Å². The van der Waals surface area contributed by atoms with Gasteiger partial charge in [0.25, 0.3) is 5.91 Å². The highest BCUT2D eigenvalue weighted by Gasteiger charge is 2.34. The number of aryl methyl sites for hydroxylation is 3. The minimum atomic E-state index is -0.435. The zero-order valence-electron chi connectivity index (χ0n) is 17.0. The summed E-state index contributed by atoms with van der Waals surface area (Å²) < 4.78 is 2.17. The molecule has 0 aliphatic carbocycles. The second kappa shape index (κ2) is 7.09. The molecule has 5 heteroatoms. The Hall–Kier alpha value is -3.60. The smallest absolute Gasteiger partial charge is 0.318 e. The van der Waals surface area contributed by atoms with Gasteiger partial charge >= 0.3 is 6.03 Å². The number of urea groups is 1. The van der Waals surface area contributed by atoms with Gasteiger partial charge in [-0.3, -0.25) is 4.79 Å². The highest BCUT2D eigenvalue weighted by Crippen LogP contribution is 2.26. The molecule has 2 heterocycles. The van der Waals surface area contributed by atoms with E-state index in [0.29, 0.717) is 5.69 Å². The van der Waals surface area contributed by atoms with Crippen molar-refractivity contribution >= 4 is 23.7 Å². The first kappa shape index (κ1) is 18.7. The molecule has 1 aliphatic heterocycles. The molecule has 2 aromatic carbocycles. The Bertz CT molecular complexity index is 1140. The van der Waals surface area contributed by atoms with Crippen LogP contribution in [-0.2, 0) is 4.79 Å². The van der Waals surface area contributed by atoms with Crippen LogP contribution >= 0.6 is 0 Å². The maximum Gasteiger partial charge on any atom is 0.333 e. The number of aromatic nitrogens is 1. The molecule has 0 saturated carbocycles. The molecule has 146 valence electrons. The van der Waals surface area contributed by atoms with Gasteiger partial charge in [-0.2, -0.15) is 0 Å². The molecule has 0 atom stereocenters. The van der Waals surface area contributed by atoms with Crippen LogP contribution in [0, 0.1) is 27.7 Å². The molecule has 5 nitrogen and oxygen atoms in total. The maximum atomic E-state index is 12.9. The van der Waals surface area contributed by atoms with Crippen LogP contribution < -0.4 is 10.2 Å². The third-order valence-electron chi connectivity index (χ3n) is 5.13. The third-order valence-corrected chi connectivity index (χ3v) is 5.13. The van der Waals surface area contributed by atoms with E-state index in [1.54, 1.807) is 30.3 Å². The number of hydrogen-bond donors (Lipinski definition) is 1. The molecule has 1 fully saturated rings. The normalized spacial score (nSPS) is 15.3. The lowest BCUT2D eigenvalue weighted by Gasteiger charge is -2.12. The lowest BCUT2D eigenvalue weighted by molar-refractivity contribution is -0.113. The van der Waals surface area contributed by atoms with Gasteiger partial charge in [-0.25, -0.2) is 9.69 Å². The molecule has 1 aromatic heterocycles. The number of para-hydroxylation sites is 1. The summed E-state index contributed by atoms with van der Waals surface area (Å²) in [6.07, 6.45) is 1.75. The molecule has 1 saturated heterocycles. The van der Waals surface area contributed by atoms with E-state index in [4.69, 9.17) is 0 Å². The molecular weight excluding hydrogens is 362 g/mol. The van der Waals surface area contributed by atoms with Crippen LogP contribution in [0.4, 0.5) is 10.5 Å². The predicted molar refractivity (Wildman–Crippen MR) is 115 cm³/mol. The number of nitrogens with one attached hydrogen (secondary N) is 1. The number of benzene rings is 2. The second-order valence-electron chi connectivity index (χ2n) is 7.47. The topological polar surface area (TPSA) is 54.3 Å². The Morgan fingerprint density at radius 1 is 0.828 bits per heavy atom. The summed E-state index contributed by atoms with van der Waals surface area (Å²) in [7, 11) is 0. The van der Waals surface area contributed by atoms with Gasteiger partial charge in [0.1, 0.15) is 5.70 Å². The molecular formula is C24H23N3O2. The van der Waals surface area contributed by atoms with Crippen molar-refractivity contribution in [2.24, 2.45) is 0 Å². The van der Waals surface area contributed by atoms with Crippen LogP contribution in [0.2, 0.25) is 0 Å². The van der Waals surface area contributed by atoms with Crippen molar-refractivity contribution in [1.82, 2.24) is 9.88 Å². The average Bonchev–Trinajstić information content (AvgIpc) is 3.10. The highest BCUT2D eigenvalue weighted by molar-refractivity contribution is 6.28. The third kappa shape index (κ3) is 3.36. The van der Waals surface area contributed by atoms with Crippen molar-refractivity contribution in [2.75, 3.05) is 4.90 Å². The van der Waals surface area contributed by atoms with Crippen molar-refractivity contribution in [3.05, 3.63) is 88.4 Å². The molecule has 4 rings (SSSR count). The van der Waals surface area contributed by atoms with E-state index in [9.17, 15) is 9.59 Å². The summed E-state index contributed by atoms with van der Waals surface area (Å²) in [5, 5.41) is 2.70. The highest BCUT2D eigenvalue weighted by atomic mass is 16.2. The van der Waals surface area contributed by atoms with Gasteiger partial charge in [-0.05, 0) is 80.8 Å². The van der Waals surface area contributed by atoms with Crippen molar-refractivity contribution in [1.29, 1.82) is 0 Å². The monoisotopic (exact) mass is 385 g/mol.